The second kappa shape index (κ2) is 7.02. The molecule has 23 heavy (non-hydrogen) atoms. The van der Waals surface area contributed by atoms with Crippen molar-refractivity contribution in [1.82, 2.24) is 0 Å². The molecule has 6 heteroatoms. The molecule has 0 spiro atoms. The Hall–Kier alpha value is -2.04. The first kappa shape index (κ1) is 17.3. The molecular formula is C17H14Cl2O4. The summed E-state index contributed by atoms with van der Waals surface area (Å²) in [7, 11) is 0. The standard InChI is InChI=1S/C17H14Cl2O4/c1-17(2,13-5-3-11(18)7-15(13)22-9-20)14-6-4-12(19)8-16(14)23-10-21/h3-10H,1-2H3. The van der Waals surface area contributed by atoms with Crippen LogP contribution in [0, 0.1) is 0 Å². The van der Waals surface area contributed by atoms with Crippen molar-refractivity contribution in [2.24, 2.45) is 0 Å². The molecule has 0 aliphatic heterocycles. The number of benzene rings is 2. The van der Waals surface area contributed by atoms with E-state index in [1.54, 1.807) is 36.4 Å². The van der Waals surface area contributed by atoms with Crippen molar-refractivity contribution in [2.75, 3.05) is 0 Å². The van der Waals surface area contributed by atoms with Crippen molar-refractivity contribution >= 4 is 36.1 Å². The molecule has 0 aliphatic rings. The van der Waals surface area contributed by atoms with Crippen LogP contribution in [0.3, 0.4) is 0 Å². The maximum atomic E-state index is 10.8. The van der Waals surface area contributed by atoms with Crippen molar-refractivity contribution in [3.63, 3.8) is 0 Å². The van der Waals surface area contributed by atoms with Crippen LogP contribution in [0.15, 0.2) is 36.4 Å². The van der Waals surface area contributed by atoms with E-state index >= 15 is 0 Å². The fraction of sp³-hybridized carbons (Fsp3) is 0.176. The molecule has 0 unspecified atom stereocenters. The highest BCUT2D eigenvalue weighted by molar-refractivity contribution is 6.31. The molecule has 0 fully saturated rings. The fourth-order valence-electron chi connectivity index (χ4n) is 2.47. The molecule has 0 atom stereocenters. The zero-order chi connectivity index (χ0) is 17.0. The zero-order valence-corrected chi connectivity index (χ0v) is 14.0. The lowest BCUT2D eigenvalue weighted by Gasteiger charge is -2.29. The van der Waals surface area contributed by atoms with Crippen molar-refractivity contribution in [1.29, 1.82) is 0 Å². The van der Waals surface area contributed by atoms with Crippen LogP contribution in [-0.2, 0) is 15.0 Å². The van der Waals surface area contributed by atoms with Gasteiger partial charge in [-0.15, -0.1) is 0 Å². The first-order valence-electron chi connectivity index (χ1n) is 6.71. The lowest BCUT2D eigenvalue weighted by Crippen LogP contribution is -2.21. The molecule has 4 nitrogen and oxygen atoms in total. The van der Waals surface area contributed by atoms with E-state index in [1.165, 1.54) is 0 Å². The van der Waals surface area contributed by atoms with Crippen LogP contribution >= 0.6 is 23.2 Å². The number of carbonyl (C=O) groups excluding carboxylic acids is 2. The number of carbonyl (C=O) groups is 2. The van der Waals surface area contributed by atoms with Gasteiger partial charge in [-0.25, -0.2) is 0 Å². The fourth-order valence-corrected chi connectivity index (χ4v) is 2.79. The van der Waals surface area contributed by atoms with Gasteiger partial charge in [0.15, 0.2) is 0 Å². The Balaban J connectivity index is 2.62. The Bertz CT molecular complexity index is 680. The SMILES string of the molecule is CC(C)(c1ccc(Cl)cc1OC=O)c1ccc(Cl)cc1OC=O. The van der Waals surface area contributed by atoms with E-state index in [0.29, 0.717) is 45.6 Å². The van der Waals surface area contributed by atoms with Gasteiger partial charge < -0.3 is 9.47 Å². The largest absolute Gasteiger partial charge is 0.428 e. The molecule has 2 rings (SSSR count). The maximum absolute atomic E-state index is 10.8. The Morgan fingerprint density at radius 2 is 1.22 bits per heavy atom. The highest BCUT2D eigenvalue weighted by Crippen LogP contribution is 2.42. The van der Waals surface area contributed by atoms with Gasteiger partial charge in [0.25, 0.3) is 12.9 Å². The smallest absolute Gasteiger partial charge is 0.298 e. The summed E-state index contributed by atoms with van der Waals surface area (Å²) in [4.78, 5) is 21.5. The van der Waals surface area contributed by atoms with Gasteiger partial charge in [-0.1, -0.05) is 49.2 Å². The average Bonchev–Trinajstić information content (AvgIpc) is 2.47. The Kier molecular flexibility index (Phi) is 5.29. The van der Waals surface area contributed by atoms with Crippen LogP contribution in [0.1, 0.15) is 25.0 Å². The van der Waals surface area contributed by atoms with Crippen LogP contribution in [-0.4, -0.2) is 12.9 Å². The molecule has 0 radical (unpaired) electrons. The summed E-state index contributed by atoms with van der Waals surface area (Å²) in [6.07, 6.45) is 0. The monoisotopic (exact) mass is 352 g/mol. The molecular weight excluding hydrogens is 339 g/mol. The Morgan fingerprint density at radius 3 is 1.57 bits per heavy atom. The zero-order valence-electron chi connectivity index (χ0n) is 12.5. The number of ether oxygens (including phenoxy) is 2. The number of hydrogen-bond acceptors (Lipinski definition) is 4. The van der Waals surface area contributed by atoms with Gasteiger partial charge in [0.05, 0.1) is 0 Å². The van der Waals surface area contributed by atoms with E-state index in [1.807, 2.05) is 13.8 Å². The Morgan fingerprint density at radius 1 is 0.826 bits per heavy atom. The summed E-state index contributed by atoms with van der Waals surface area (Å²) in [5.74, 6) is 0.675. The third kappa shape index (κ3) is 3.66. The van der Waals surface area contributed by atoms with E-state index in [2.05, 4.69) is 0 Å². The minimum absolute atomic E-state index is 0.338. The van der Waals surface area contributed by atoms with Crippen LogP contribution in [0.2, 0.25) is 10.0 Å². The number of halogens is 2. The van der Waals surface area contributed by atoms with Gasteiger partial charge in [0.1, 0.15) is 11.5 Å². The van der Waals surface area contributed by atoms with Crippen LogP contribution < -0.4 is 9.47 Å². The van der Waals surface area contributed by atoms with Gasteiger partial charge in [-0.05, 0) is 24.3 Å². The highest BCUT2D eigenvalue weighted by Gasteiger charge is 2.30. The molecule has 0 heterocycles. The lowest BCUT2D eigenvalue weighted by molar-refractivity contribution is -0.121. The molecule has 0 aliphatic carbocycles. The predicted molar refractivity (Wildman–Crippen MR) is 88.4 cm³/mol. The van der Waals surface area contributed by atoms with E-state index in [9.17, 15) is 9.59 Å². The maximum Gasteiger partial charge on any atom is 0.298 e. The Labute approximate surface area is 143 Å². The molecule has 120 valence electrons. The van der Waals surface area contributed by atoms with Gasteiger partial charge in [-0.2, -0.15) is 0 Å². The highest BCUT2D eigenvalue weighted by atomic mass is 35.5. The summed E-state index contributed by atoms with van der Waals surface area (Å²) < 4.78 is 10.1. The molecule has 2 aromatic rings. The van der Waals surface area contributed by atoms with E-state index in [-0.39, 0.29) is 0 Å². The third-order valence-electron chi connectivity index (χ3n) is 3.58. The second-order valence-electron chi connectivity index (χ2n) is 5.33. The van der Waals surface area contributed by atoms with Crippen molar-refractivity contribution in [3.8, 4) is 11.5 Å². The van der Waals surface area contributed by atoms with E-state index in [4.69, 9.17) is 32.7 Å². The summed E-state index contributed by atoms with van der Waals surface area (Å²) in [5, 5.41) is 0.892. The predicted octanol–water partition coefficient (Wildman–Crippen LogP) is 4.39. The molecule has 0 bridgehead atoms. The minimum atomic E-state index is -0.633. The third-order valence-corrected chi connectivity index (χ3v) is 4.05. The molecule has 0 amide bonds. The van der Waals surface area contributed by atoms with Gasteiger partial charge in [0.2, 0.25) is 0 Å². The molecule has 0 saturated heterocycles. The van der Waals surface area contributed by atoms with Gasteiger partial charge >= 0.3 is 0 Å². The molecule has 0 N–H and O–H groups in total. The molecule has 2 aromatic carbocycles. The first-order chi connectivity index (χ1) is 10.9. The normalized spacial score (nSPS) is 11.0. The van der Waals surface area contributed by atoms with Crippen molar-refractivity contribution in [2.45, 2.75) is 19.3 Å². The van der Waals surface area contributed by atoms with Crippen LogP contribution in [0.25, 0.3) is 0 Å². The number of rotatable bonds is 6. The summed E-state index contributed by atoms with van der Waals surface area (Å²) in [6, 6.07) is 10.0. The van der Waals surface area contributed by atoms with E-state index < -0.39 is 5.41 Å². The average molecular weight is 353 g/mol. The summed E-state index contributed by atoms with van der Waals surface area (Å²) in [6.45, 7) is 4.51. The van der Waals surface area contributed by atoms with Crippen molar-refractivity contribution < 1.29 is 19.1 Å². The van der Waals surface area contributed by atoms with E-state index in [0.717, 1.165) is 0 Å². The second-order valence-corrected chi connectivity index (χ2v) is 6.21. The molecule has 0 aromatic heterocycles. The van der Waals surface area contributed by atoms with Crippen LogP contribution in [0.5, 0.6) is 11.5 Å². The lowest BCUT2D eigenvalue weighted by atomic mass is 9.77. The van der Waals surface area contributed by atoms with Crippen molar-refractivity contribution in [3.05, 3.63) is 57.6 Å². The molecule has 0 saturated carbocycles. The van der Waals surface area contributed by atoms with Gasteiger partial charge in [0, 0.05) is 26.6 Å². The number of hydrogen-bond donors (Lipinski definition) is 0. The summed E-state index contributed by atoms with van der Waals surface area (Å²) >= 11 is 11.9. The first-order valence-corrected chi connectivity index (χ1v) is 7.46. The van der Waals surface area contributed by atoms with Gasteiger partial charge in [-0.3, -0.25) is 9.59 Å². The quantitative estimate of drug-likeness (QED) is 0.723. The van der Waals surface area contributed by atoms with Crippen LogP contribution in [0.4, 0.5) is 0 Å². The summed E-state index contributed by atoms with van der Waals surface area (Å²) in [5.41, 5.74) is 0.797. The minimum Gasteiger partial charge on any atom is -0.428 e. The topological polar surface area (TPSA) is 52.6 Å².